The number of rotatable bonds is 9. The molecule has 2 aromatic carbocycles. The first-order valence-corrected chi connectivity index (χ1v) is 13.1. The molecule has 0 radical (unpaired) electrons. The molecule has 0 saturated carbocycles. The first-order valence-electron chi connectivity index (χ1n) is 10.5. The molecule has 2 N–H and O–H groups in total. The average Bonchev–Trinajstić information content (AvgIpc) is 3.28. The summed E-state index contributed by atoms with van der Waals surface area (Å²) in [4.78, 5) is 16.6. The number of aromatic nitrogens is 3. The molecule has 2 aromatic heterocycles. The molecule has 0 aliphatic carbocycles. The van der Waals surface area contributed by atoms with E-state index < -0.39 is 0 Å². The molecule has 4 aromatic rings. The molecule has 1 amide bonds. The monoisotopic (exact) mass is 555 g/mol. The zero-order chi connectivity index (χ0) is 23.9. The van der Waals surface area contributed by atoms with E-state index in [0.29, 0.717) is 32.7 Å². The molecule has 0 aliphatic rings. The third kappa shape index (κ3) is 7.02. The van der Waals surface area contributed by atoms with Crippen LogP contribution >= 0.6 is 39.0 Å². The zero-order valence-electron chi connectivity index (χ0n) is 18.5. The number of nitrogens with zero attached hydrogens (tertiary/aromatic N) is 3. The Labute approximate surface area is 214 Å². The molecule has 0 saturated heterocycles. The fourth-order valence-electron chi connectivity index (χ4n) is 2.86. The third-order valence-corrected chi connectivity index (χ3v) is 7.12. The van der Waals surface area contributed by atoms with Crippen molar-refractivity contribution in [3.8, 4) is 11.6 Å². The van der Waals surface area contributed by atoms with Crippen LogP contribution in [0.15, 0.2) is 75.7 Å². The highest BCUT2D eigenvalue weighted by Gasteiger charge is 2.10. The van der Waals surface area contributed by atoms with Gasteiger partial charge in [-0.2, -0.15) is 0 Å². The van der Waals surface area contributed by atoms with Gasteiger partial charge in [-0.15, -0.1) is 10.2 Å². The van der Waals surface area contributed by atoms with E-state index in [0.717, 1.165) is 10.2 Å². The number of anilines is 3. The maximum Gasteiger partial charge on any atom is 0.234 e. The van der Waals surface area contributed by atoms with Gasteiger partial charge in [0.05, 0.1) is 17.6 Å². The lowest BCUT2D eigenvalue weighted by Crippen LogP contribution is -2.14. The number of amides is 1. The van der Waals surface area contributed by atoms with Crippen molar-refractivity contribution in [2.24, 2.45) is 0 Å². The summed E-state index contributed by atoms with van der Waals surface area (Å²) < 4.78 is 7.38. The lowest BCUT2D eigenvalue weighted by atomic mass is 10.0. The highest BCUT2D eigenvalue weighted by atomic mass is 79.9. The highest BCUT2D eigenvalue weighted by molar-refractivity contribution is 9.10. The summed E-state index contributed by atoms with van der Waals surface area (Å²) in [6.45, 7) is 4.33. The first kappa shape index (κ1) is 24.2. The lowest BCUT2D eigenvalue weighted by molar-refractivity contribution is -0.113. The van der Waals surface area contributed by atoms with Crippen molar-refractivity contribution in [2.45, 2.75) is 24.1 Å². The fourth-order valence-corrected chi connectivity index (χ4v) is 4.69. The molecule has 10 heteroatoms. The van der Waals surface area contributed by atoms with E-state index in [-0.39, 0.29) is 11.7 Å². The van der Waals surface area contributed by atoms with Crippen LogP contribution in [0.2, 0.25) is 0 Å². The van der Waals surface area contributed by atoms with Gasteiger partial charge in [0.25, 0.3) is 0 Å². The van der Waals surface area contributed by atoms with Crippen LogP contribution in [-0.2, 0) is 4.79 Å². The number of ether oxygens (including phenoxy) is 1. The van der Waals surface area contributed by atoms with Crippen LogP contribution in [-0.4, -0.2) is 26.8 Å². The zero-order valence-corrected chi connectivity index (χ0v) is 21.7. The number of hydrogen-bond donors (Lipinski definition) is 2. The normalized spacial score (nSPS) is 10.8. The van der Waals surface area contributed by atoms with Gasteiger partial charge < -0.3 is 15.4 Å². The number of hydrogen-bond acceptors (Lipinski definition) is 8. The quantitative estimate of drug-likeness (QED) is 0.213. The summed E-state index contributed by atoms with van der Waals surface area (Å²) in [6.07, 6.45) is 1.56. The number of thioether (sulfide) groups is 1. The van der Waals surface area contributed by atoms with Gasteiger partial charge >= 0.3 is 0 Å². The van der Waals surface area contributed by atoms with Gasteiger partial charge in [0, 0.05) is 16.2 Å². The van der Waals surface area contributed by atoms with E-state index in [9.17, 15) is 4.79 Å². The minimum absolute atomic E-state index is 0.151. The van der Waals surface area contributed by atoms with E-state index in [1.165, 1.54) is 28.7 Å². The Morgan fingerprint density at radius 1 is 1.03 bits per heavy atom. The van der Waals surface area contributed by atoms with Crippen molar-refractivity contribution in [2.75, 3.05) is 16.4 Å². The van der Waals surface area contributed by atoms with Crippen LogP contribution in [0.4, 0.5) is 16.5 Å². The Kier molecular flexibility index (Phi) is 8.15. The van der Waals surface area contributed by atoms with Crippen molar-refractivity contribution in [3.05, 3.63) is 76.9 Å². The summed E-state index contributed by atoms with van der Waals surface area (Å²) in [7, 11) is 0. The van der Waals surface area contributed by atoms with Crippen LogP contribution in [0.25, 0.3) is 0 Å². The molecule has 0 fully saturated rings. The predicted octanol–water partition coefficient (Wildman–Crippen LogP) is 7.09. The summed E-state index contributed by atoms with van der Waals surface area (Å²) in [5, 5.41) is 15.1. The first-order chi connectivity index (χ1) is 16.4. The van der Waals surface area contributed by atoms with Gasteiger partial charge in [-0.3, -0.25) is 4.79 Å². The number of pyridine rings is 1. The van der Waals surface area contributed by atoms with E-state index in [1.54, 1.807) is 18.3 Å². The maximum absolute atomic E-state index is 12.3. The van der Waals surface area contributed by atoms with Crippen molar-refractivity contribution in [1.29, 1.82) is 0 Å². The number of carbonyl (C=O) groups excluding carboxylic acids is 1. The minimum Gasteiger partial charge on any atom is -0.439 e. The second-order valence-electron chi connectivity index (χ2n) is 7.55. The number of halogens is 1. The largest absolute Gasteiger partial charge is 0.439 e. The summed E-state index contributed by atoms with van der Waals surface area (Å²) >= 11 is 6.13. The molecule has 2 heterocycles. The molecule has 0 atom stereocenters. The molecule has 174 valence electrons. The topological polar surface area (TPSA) is 89.0 Å². The molecule has 0 bridgehead atoms. The average molecular weight is 557 g/mol. The van der Waals surface area contributed by atoms with E-state index in [2.05, 4.69) is 67.7 Å². The molecule has 4 rings (SSSR count). The van der Waals surface area contributed by atoms with Crippen LogP contribution in [0.5, 0.6) is 11.6 Å². The summed E-state index contributed by atoms with van der Waals surface area (Å²) in [5.74, 6) is 1.69. The fraction of sp³-hybridized carbons (Fsp3) is 0.167. The van der Waals surface area contributed by atoms with Crippen LogP contribution in [0, 0.1) is 0 Å². The molecule has 7 nitrogen and oxygen atoms in total. The Morgan fingerprint density at radius 2 is 1.76 bits per heavy atom. The number of benzene rings is 2. The molecule has 0 spiro atoms. The second-order valence-corrected chi connectivity index (χ2v) is 10.7. The van der Waals surface area contributed by atoms with E-state index in [4.69, 9.17) is 4.74 Å². The van der Waals surface area contributed by atoms with Crippen LogP contribution in [0.3, 0.4) is 0 Å². The van der Waals surface area contributed by atoms with Gasteiger partial charge in [-0.05, 0) is 53.9 Å². The Hall–Kier alpha value is -2.95. The maximum atomic E-state index is 12.3. The predicted molar refractivity (Wildman–Crippen MR) is 142 cm³/mol. The van der Waals surface area contributed by atoms with Gasteiger partial charge in [0.1, 0.15) is 5.75 Å². The van der Waals surface area contributed by atoms with Gasteiger partial charge in [0.2, 0.25) is 16.9 Å². The summed E-state index contributed by atoms with van der Waals surface area (Å²) in [5.41, 5.74) is 2.83. The Bertz CT molecular complexity index is 1230. The highest BCUT2D eigenvalue weighted by Crippen LogP contribution is 2.28. The summed E-state index contributed by atoms with van der Waals surface area (Å²) in [6, 6.07) is 19.2. The second kappa shape index (κ2) is 11.5. The van der Waals surface area contributed by atoms with Gasteiger partial charge in [-0.25, -0.2) is 4.98 Å². The van der Waals surface area contributed by atoms with E-state index in [1.807, 2.05) is 36.4 Å². The molecule has 0 unspecified atom stereocenters. The minimum atomic E-state index is -0.151. The third-order valence-electron chi connectivity index (χ3n) is 4.62. The van der Waals surface area contributed by atoms with E-state index >= 15 is 0 Å². The molecule has 34 heavy (non-hydrogen) atoms. The Balaban J connectivity index is 1.24. The standard InChI is InChI=1S/C24H22BrN5O2S2/c1-15(2)16-3-7-18(8-4-16)28-23-29-30-24(34-23)33-14-21(31)27-19-9-12-22(26-13-19)32-20-10-5-17(25)6-11-20/h3-13,15H,14H2,1-2H3,(H,27,31)(H,28,29). The number of nitrogens with one attached hydrogen (secondary N) is 2. The van der Waals surface area contributed by atoms with Gasteiger partial charge in [-0.1, -0.05) is 65.0 Å². The van der Waals surface area contributed by atoms with Crippen LogP contribution < -0.4 is 15.4 Å². The Morgan fingerprint density at radius 3 is 2.44 bits per heavy atom. The SMILES string of the molecule is CC(C)c1ccc(Nc2nnc(SCC(=O)Nc3ccc(Oc4ccc(Br)cc4)nc3)s2)cc1. The van der Waals surface area contributed by atoms with Crippen molar-refractivity contribution >= 4 is 61.4 Å². The molecular weight excluding hydrogens is 534 g/mol. The number of carbonyl (C=O) groups is 1. The van der Waals surface area contributed by atoms with Crippen molar-refractivity contribution in [3.63, 3.8) is 0 Å². The molecule has 0 aliphatic heterocycles. The van der Waals surface area contributed by atoms with Crippen molar-refractivity contribution < 1.29 is 9.53 Å². The lowest BCUT2D eigenvalue weighted by Gasteiger charge is -2.07. The van der Waals surface area contributed by atoms with Gasteiger partial charge in [0.15, 0.2) is 4.34 Å². The van der Waals surface area contributed by atoms with Crippen molar-refractivity contribution in [1.82, 2.24) is 15.2 Å². The smallest absolute Gasteiger partial charge is 0.234 e. The van der Waals surface area contributed by atoms with Crippen LogP contribution in [0.1, 0.15) is 25.3 Å². The molecular formula is C24H22BrN5O2S2.